The number of hydrogen-bond acceptors (Lipinski definition) is 5. The molecule has 0 amide bonds. The van der Waals surface area contributed by atoms with Gasteiger partial charge in [0, 0.05) is 10.2 Å². The van der Waals surface area contributed by atoms with E-state index in [0.29, 0.717) is 12.4 Å². The third-order valence-corrected chi connectivity index (χ3v) is 5.61. The lowest BCUT2D eigenvalue weighted by Gasteiger charge is -2.21. The average Bonchev–Trinajstić information content (AvgIpc) is 3.23. The molecule has 0 aliphatic heterocycles. The standard InChI is InChI=1S/C24H24BrN5O/c1-4-31-21-14-12-20(13-15-21)26-22(18-8-10-19(25)11-9-18)24-27-28-29-30(24)23-16(2)6-5-7-17(23)3/h5-15,22,26H,4H2,1-3H3. The van der Waals surface area contributed by atoms with Gasteiger partial charge in [-0.25, -0.2) is 0 Å². The van der Waals surface area contributed by atoms with Crippen LogP contribution in [0.2, 0.25) is 0 Å². The van der Waals surface area contributed by atoms with Crippen LogP contribution in [0, 0.1) is 13.8 Å². The lowest BCUT2D eigenvalue weighted by atomic mass is 10.0. The fourth-order valence-corrected chi connectivity index (χ4v) is 3.87. The monoisotopic (exact) mass is 477 g/mol. The number of ether oxygens (including phenoxy) is 1. The van der Waals surface area contributed by atoms with Crippen molar-refractivity contribution in [3.8, 4) is 11.4 Å². The molecule has 4 rings (SSSR count). The van der Waals surface area contributed by atoms with Gasteiger partial charge < -0.3 is 10.1 Å². The topological polar surface area (TPSA) is 64.9 Å². The first-order valence-corrected chi connectivity index (χ1v) is 11.0. The summed E-state index contributed by atoms with van der Waals surface area (Å²) in [5.74, 6) is 1.56. The molecule has 0 saturated heterocycles. The molecule has 0 spiro atoms. The Hall–Kier alpha value is -3.19. The molecule has 1 atom stereocenters. The van der Waals surface area contributed by atoms with Crippen LogP contribution in [0.1, 0.15) is 35.5 Å². The van der Waals surface area contributed by atoms with Gasteiger partial charge in [-0.3, -0.25) is 0 Å². The molecule has 4 aromatic rings. The molecule has 158 valence electrons. The maximum atomic E-state index is 5.57. The molecule has 1 heterocycles. The molecule has 6 nitrogen and oxygen atoms in total. The summed E-state index contributed by atoms with van der Waals surface area (Å²) in [7, 11) is 0. The normalized spacial score (nSPS) is 11.9. The maximum absolute atomic E-state index is 5.57. The smallest absolute Gasteiger partial charge is 0.183 e. The number of nitrogens with zero attached hydrogens (tertiary/aromatic N) is 4. The van der Waals surface area contributed by atoms with Crippen LogP contribution in [0.4, 0.5) is 5.69 Å². The first-order valence-electron chi connectivity index (χ1n) is 10.2. The second kappa shape index (κ2) is 9.31. The van der Waals surface area contributed by atoms with E-state index in [1.807, 2.05) is 54.1 Å². The van der Waals surface area contributed by atoms with E-state index >= 15 is 0 Å². The number of nitrogens with one attached hydrogen (secondary N) is 1. The largest absolute Gasteiger partial charge is 0.494 e. The third kappa shape index (κ3) is 4.61. The Kier molecular flexibility index (Phi) is 6.32. The molecule has 0 fully saturated rings. The molecule has 0 radical (unpaired) electrons. The highest BCUT2D eigenvalue weighted by molar-refractivity contribution is 9.10. The van der Waals surface area contributed by atoms with E-state index in [0.717, 1.165) is 38.3 Å². The van der Waals surface area contributed by atoms with Crippen LogP contribution in [0.25, 0.3) is 5.69 Å². The Morgan fingerprint density at radius 3 is 2.29 bits per heavy atom. The first-order chi connectivity index (χ1) is 15.1. The van der Waals surface area contributed by atoms with Crippen LogP contribution >= 0.6 is 15.9 Å². The van der Waals surface area contributed by atoms with Gasteiger partial charge >= 0.3 is 0 Å². The van der Waals surface area contributed by atoms with E-state index in [2.05, 4.69) is 74.9 Å². The van der Waals surface area contributed by atoms with Gasteiger partial charge in [0.2, 0.25) is 0 Å². The number of hydrogen-bond donors (Lipinski definition) is 1. The zero-order valence-corrected chi connectivity index (χ0v) is 19.3. The zero-order valence-electron chi connectivity index (χ0n) is 17.7. The van der Waals surface area contributed by atoms with Crippen LogP contribution < -0.4 is 10.1 Å². The van der Waals surface area contributed by atoms with Gasteiger partial charge in [-0.15, -0.1) is 5.10 Å². The lowest BCUT2D eigenvalue weighted by molar-refractivity contribution is 0.340. The highest BCUT2D eigenvalue weighted by Crippen LogP contribution is 2.30. The predicted molar refractivity (Wildman–Crippen MR) is 126 cm³/mol. The van der Waals surface area contributed by atoms with Crippen molar-refractivity contribution in [3.63, 3.8) is 0 Å². The van der Waals surface area contributed by atoms with Gasteiger partial charge in [0.25, 0.3) is 0 Å². The summed E-state index contributed by atoms with van der Waals surface area (Å²) in [4.78, 5) is 0. The van der Waals surface area contributed by atoms with Gasteiger partial charge in [-0.1, -0.05) is 46.3 Å². The van der Waals surface area contributed by atoms with Crippen LogP contribution in [0.5, 0.6) is 5.75 Å². The fourth-order valence-electron chi connectivity index (χ4n) is 3.61. The molecule has 1 unspecified atom stereocenters. The molecule has 0 saturated carbocycles. The van der Waals surface area contributed by atoms with E-state index < -0.39 is 0 Å². The Morgan fingerprint density at radius 1 is 0.968 bits per heavy atom. The summed E-state index contributed by atoms with van der Waals surface area (Å²) in [6.45, 7) is 6.76. The lowest BCUT2D eigenvalue weighted by Crippen LogP contribution is -2.19. The van der Waals surface area contributed by atoms with Crippen LogP contribution in [0.3, 0.4) is 0 Å². The van der Waals surface area contributed by atoms with Gasteiger partial charge in [-0.2, -0.15) is 4.68 Å². The van der Waals surface area contributed by atoms with Crippen LogP contribution in [0.15, 0.2) is 71.2 Å². The fraction of sp³-hybridized carbons (Fsp3) is 0.208. The van der Waals surface area contributed by atoms with Crippen molar-refractivity contribution >= 4 is 21.6 Å². The summed E-state index contributed by atoms with van der Waals surface area (Å²) in [6.07, 6.45) is 0. The second-order valence-corrected chi connectivity index (χ2v) is 8.19. The number of anilines is 1. The summed E-state index contributed by atoms with van der Waals surface area (Å²) < 4.78 is 8.42. The number of halogens is 1. The molecule has 31 heavy (non-hydrogen) atoms. The summed E-state index contributed by atoms with van der Waals surface area (Å²) in [6, 6.07) is 22.0. The Bertz CT molecular complexity index is 1140. The van der Waals surface area contributed by atoms with Gasteiger partial charge in [0.05, 0.1) is 12.3 Å². The minimum atomic E-state index is -0.250. The summed E-state index contributed by atoms with van der Waals surface area (Å²) >= 11 is 3.52. The molecular weight excluding hydrogens is 454 g/mol. The number of aryl methyl sites for hydroxylation is 2. The highest BCUT2D eigenvalue weighted by atomic mass is 79.9. The Morgan fingerprint density at radius 2 is 1.65 bits per heavy atom. The first kappa shape index (κ1) is 21.1. The number of tetrazole rings is 1. The number of aromatic nitrogens is 4. The Balaban J connectivity index is 1.77. The maximum Gasteiger partial charge on any atom is 0.183 e. The van der Waals surface area contributed by atoms with Gasteiger partial charge in [0.1, 0.15) is 11.8 Å². The van der Waals surface area contributed by atoms with Crippen molar-refractivity contribution in [3.05, 3.63) is 93.7 Å². The van der Waals surface area contributed by atoms with E-state index in [-0.39, 0.29) is 6.04 Å². The quantitative estimate of drug-likeness (QED) is 0.372. The SMILES string of the molecule is CCOc1ccc(NC(c2ccc(Br)cc2)c2nnnn2-c2c(C)cccc2C)cc1. The van der Waals surface area contributed by atoms with Crippen LogP contribution in [-0.4, -0.2) is 26.8 Å². The highest BCUT2D eigenvalue weighted by Gasteiger charge is 2.23. The molecule has 7 heteroatoms. The predicted octanol–water partition coefficient (Wildman–Crippen LogP) is 5.64. The van der Waals surface area contributed by atoms with E-state index in [9.17, 15) is 0 Å². The average molecular weight is 478 g/mol. The summed E-state index contributed by atoms with van der Waals surface area (Å²) in [5, 5.41) is 16.4. The molecule has 1 N–H and O–H groups in total. The number of rotatable bonds is 7. The van der Waals surface area contributed by atoms with Crippen molar-refractivity contribution in [1.82, 2.24) is 20.2 Å². The van der Waals surface area contributed by atoms with Crippen LogP contribution in [-0.2, 0) is 0 Å². The molecule has 1 aromatic heterocycles. The molecular formula is C24H24BrN5O. The Labute approximate surface area is 190 Å². The molecule has 0 aliphatic carbocycles. The minimum Gasteiger partial charge on any atom is -0.494 e. The molecule has 0 aliphatic rings. The van der Waals surface area contributed by atoms with Gasteiger partial charge in [-0.05, 0) is 84.3 Å². The van der Waals surface area contributed by atoms with Crippen molar-refractivity contribution in [1.29, 1.82) is 0 Å². The van der Waals surface area contributed by atoms with Crippen molar-refractivity contribution in [2.75, 3.05) is 11.9 Å². The van der Waals surface area contributed by atoms with Gasteiger partial charge in [0.15, 0.2) is 5.82 Å². The van der Waals surface area contributed by atoms with Crippen molar-refractivity contribution in [2.45, 2.75) is 26.8 Å². The molecule has 0 bridgehead atoms. The minimum absolute atomic E-state index is 0.250. The number of benzene rings is 3. The van der Waals surface area contributed by atoms with E-state index in [4.69, 9.17) is 4.74 Å². The summed E-state index contributed by atoms with van der Waals surface area (Å²) in [5.41, 5.74) is 5.23. The zero-order chi connectivity index (χ0) is 21.8. The molecule has 3 aromatic carbocycles. The van der Waals surface area contributed by atoms with E-state index in [1.165, 1.54) is 0 Å². The third-order valence-electron chi connectivity index (χ3n) is 5.08. The number of para-hydroxylation sites is 1. The van der Waals surface area contributed by atoms with Crippen molar-refractivity contribution in [2.24, 2.45) is 0 Å². The van der Waals surface area contributed by atoms with Crippen molar-refractivity contribution < 1.29 is 4.74 Å². The van der Waals surface area contributed by atoms with E-state index in [1.54, 1.807) is 0 Å². The second-order valence-electron chi connectivity index (χ2n) is 7.28.